The van der Waals surface area contributed by atoms with Crippen LogP contribution in [0.25, 0.3) is 6.08 Å². The minimum atomic E-state index is -0.741. The smallest absolute Gasteiger partial charge is 0.244 e. The second-order valence-electron chi connectivity index (χ2n) is 4.94. The molecule has 1 aliphatic heterocycles. The Morgan fingerprint density at radius 2 is 2.00 bits per heavy atom. The highest BCUT2D eigenvalue weighted by molar-refractivity contribution is 7.99. The number of benzene rings is 1. The molecule has 1 aromatic carbocycles. The first-order valence-corrected chi connectivity index (χ1v) is 8.12. The zero-order chi connectivity index (χ0) is 14.4. The van der Waals surface area contributed by atoms with Crippen LogP contribution in [0.15, 0.2) is 30.3 Å². The largest absolute Gasteiger partial charge is 0.388 e. The lowest BCUT2D eigenvalue weighted by molar-refractivity contribution is -0.117. The van der Waals surface area contributed by atoms with Crippen molar-refractivity contribution in [3.05, 3.63) is 40.9 Å². The predicted molar refractivity (Wildman–Crippen MR) is 85.0 cm³/mol. The van der Waals surface area contributed by atoms with Crippen LogP contribution < -0.4 is 5.32 Å². The molecular weight excluding hydrogens is 294 g/mol. The number of aliphatic hydroxyl groups is 1. The van der Waals surface area contributed by atoms with E-state index in [0.717, 1.165) is 29.9 Å². The van der Waals surface area contributed by atoms with E-state index in [1.54, 1.807) is 18.2 Å². The molecule has 1 aromatic rings. The molecule has 2 N–H and O–H groups in total. The van der Waals surface area contributed by atoms with Crippen LogP contribution >= 0.6 is 23.4 Å². The van der Waals surface area contributed by atoms with Crippen LogP contribution in [0, 0.1) is 0 Å². The Balaban J connectivity index is 1.81. The van der Waals surface area contributed by atoms with E-state index in [1.165, 1.54) is 6.08 Å². The van der Waals surface area contributed by atoms with Crippen molar-refractivity contribution in [1.29, 1.82) is 0 Å². The number of hydrogen-bond donors (Lipinski definition) is 2. The van der Waals surface area contributed by atoms with Crippen molar-refractivity contribution < 1.29 is 9.90 Å². The van der Waals surface area contributed by atoms with Crippen molar-refractivity contribution >= 4 is 35.3 Å². The summed E-state index contributed by atoms with van der Waals surface area (Å²) in [6, 6.07) is 7.25. The molecule has 2 rings (SSSR count). The molecule has 1 amide bonds. The molecule has 0 atom stereocenters. The molecule has 1 heterocycles. The number of nitrogens with one attached hydrogen (secondary N) is 1. The SMILES string of the molecule is O=C(C=Cc1ccc(Cl)cc1)NCC1(O)CCSCC1. The third-order valence-corrected chi connectivity index (χ3v) is 4.55. The second kappa shape index (κ2) is 7.16. The van der Waals surface area contributed by atoms with Gasteiger partial charge in [0.05, 0.1) is 5.60 Å². The van der Waals surface area contributed by atoms with E-state index in [1.807, 2.05) is 23.9 Å². The lowest BCUT2D eigenvalue weighted by Gasteiger charge is -2.31. The highest BCUT2D eigenvalue weighted by Gasteiger charge is 2.29. The fraction of sp³-hybridized carbons (Fsp3) is 0.400. The number of halogens is 1. The lowest BCUT2D eigenvalue weighted by atomic mass is 9.97. The molecule has 1 aliphatic rings. The molecule has 0 saturated carbocycles. The van der Waals surface area contributed by atoms with Gasteiger partial charge in [-0.15, -0.1) is 0 Å². The van der Waals surface area contributed by atoms with Crippen LogP contribution in [0.1, 0.15) is 18.4 Å². The molecular formula is C15H18ClNO2S. The Hall–Kier alpha value is -0.970. The summed E-state index contributed by atoms with van der Waals surface area (Å²) in [7, 11) is 0. The monoisotopic (exact) mass is 311 g/mol. The Bertz CT molecular complexity index is 481. The van der Waals surface area contributed by atoms with Gasteiger partial charge in [0.25, 0.3) is 0 Å². The lowest BCUT2D eigenvalue weighted by Crippen LogP contribution is -2.44. The Kier molecular flexibility index (Phi) is 5.52. The van der Waals surface area contributed by atoms with Gasteiger partial charge in [-0.1, -0.05) is 23.7 Å². The van der Waals surface area contributed by atoms with Gasteiger partial charge in [0, 0.05) is 17.6 Å². The van der Waals surface area contributed by atoms with Gasteiger partial charge >= 0.3 is 0 Å². The van der Waals surface area contributed by atoms with Gasteiger partial charge in [-0.2, -0.15) is 11.8 Å². The summed E-state index contributed by atoms with van der Waals surface area (Å²) < 4.78 is 0. The fourth-order valence-electron chi connectivity index (χ4n) is 1.98. The molecule has 0 unspecified atom stereocenters. The molecule has 5 heteroatoms. The number of carbonyl (C=O) groups excluding carboxylic acids is 1. The van der Waals surface area contributed by atoms with Crippen LogP contribution in [0.3, 0.4) is 0 Å². The predicted octanol–water partition coefficient (Wildman–Crippen LogP) is 2.73. The van der Waals surface area contributed by atoms with Crippen molar-refractivity contribution in [3.63, 3.8) is 0 Å². The Morgan fingerprint density at radius 3 is 2.65 bits per heavy atom. The molecule has 0 spiro atoms. The van der Waals surface area contributed by atoms with E-state index in [0.29, 0.717) is 11.6 Å². The first-order valence-electron chi connectivity index (χ1n) is 6.59. The van der Waals surface area contributed by atoms with E-state index in [4.69, 9.17) is 11.6 Å². The van der Waals surface area contributed by atoms with Crippen molar-refractivity contribution in [2.75, 3.05) is 18.1 Å². The molecule has 0 bridgehead atoms. The first-order chi connectivity index (χ1) is 9.57. The Labute approximate surface area is 128 Å². The zero-order valence-electron chi connectivity index (χ0n) is 11.1. The van der Waals surface area contributed by atoms with Crippen LogP contribution in [-0.2, 0) is 4.79 Å². The maximum absolute atomic E-state index is 11.7. The van der Waals surface area contributed by atoms with E-state index in [9.17, 15) is 9.90 Å². The minimum absolute atomic E-state index is 0.188. The van der Waals surface area contributed by atoms with Gasteiger partial charge in [-0.05, 0) is 48.1 Å². The molecule has 0 aliphatic carbocycles. The number of rotatable bonds is 4. The number of thioether (sulfide) groups is 1. The summed E-state index contributed by atoms with van der Waals surface area (Å²) in [5, 5.41) is 13.7. The normalized spacial score (nSPS) is 18.1. The summed E-state index contributed by atoms with van der Waals surface area (Å²) >= 11 is 7.64. The molecule has 3 nitrogen and oxygen atoms in total. The van der Waals surface area contributed by atoms with Gasteiger partial charge in [-0.25, -0.2) is 0 Å². The van der Waals surface area contributed by atoms with E-state index >= 15 is 0 Å². The molecule has 0 radical (unpaired) electrons. The van der Waals surface area contributed by atoms with E-state index < -0.39 is 5.60 Å². The number of carbonyl (C=O) groups is 1. The van der Waals surface area contributed by atoms with E-state index in [2.05, 4.69) is 5.32 Å². The number of hydrogen-bond acceptors (Lipinski definition) is 3. The third kappa shape index (κ3) is 4.85. The highest BCUT2D eigenvalue weighted by Crippen LogP contribution is 2.26. The minimum Gasteiger partial charge on any atom is -0.388 e. The van der Waals surface area contributed by atoms with Crippen LogP contribution in [0.2, 0.25) is 5.02 Å². The summed E-state index contributed by atoms with van der Waals surface area (Å²) in [6.07, 6.45) is 4.67. The maximum Gasteiger partial charge on any atom is 0.244 e. The summed E-state index contributed by atoms with van der Waals surface area (Å²) in [6.45, 7) is 0.317. The summed E-state index contributed by atoms with van der Waals surface area (Å²) in [5.41, 5.74) is 0.173. The van der Waals surface area contributed by atoms with Gasteiger partial charge < -0.3 is 10.4 Å². The van der Waals surface area contributed by atoms with Gasteiger partial charge in [-0.3, -0.25) is 4.79 Å². The van der Waals surface area contributed by atoms with Crippen LogP contribution in [-0.4, -0.2) is 34.7 Å². The van der Waals surface area contributed by atoms with Crippen LogP contribution in [0.5, 0.6) is 0 Å². The molecule has 0 aromatic heterocycles. The standard InChI is InChI=1S/C15H18ClNO2S/c16-13-4-1-12(2-5-13)3-6-14(18)17-11-15(19)7-9-20-10-8-15/h1-6,19H,7-11H2,(H,17,18). The fourth-order valence-corrected chi connectivity index (χ4v) is 3.36. The quantitative estimate of drug-likeness (QED) is 0.841. The molecule has 20 heavy (non-hydrogen) atoms. The first kappa shape index (κ1) is 15.4. The highest BCUT2D eigenvalue weighted by atomic mass is 35.5. The zero-order valence-corrected chi connectivity index (χ0v) is 12.7. The summed E-state index contributed by atoms with van der Waals surface area (Å²) in [4.78, 5) is 11.7. The van der Waals surface area contributed by atoms with Gasteiger partial charge in [0.1, 0.15) is 0 Å². The number of amides is 1. The molecule has 108 valence electrons. The average molecular weight is 312 g/mol. The van der Waals surface area contributed by atoms with Crippen molar-refractivity contribution in [1.82, 2.24) is 5.32 Å². The Morgan fingerprint density at radius 1 is 1.35 bits per heavy atom. The maximum atomic E-state index is 11.7. The topological polar surface area (TPSA) is 49.3 Å². The van der Waals surface area contributed by atoms with Crippen molar-refractivity contribution in [2.24, 2.45) is 0 Å². The van der Waals surface area contributed by atoms with Crippen molar-refractivity contribution in [3.8, 4) is 0 Å². The third-order valence-electron chi connectivity index (χ3n) is 3.31. The molecule has 1 fully saturated rings. The second-order valence-corrected chi connectivity index (χ2v) is 6.60. The van der Waals surface area contributed by atoms with Crippen LogP contribution in [0.4, 0.5) is 0 Å². The van der Waals surface area contributed by atoms with Gasteiger partial charge in [0.2, 0.25) is 5.91 Å². The average Bonchev–Trinajstić information content (AvgIpc) is 2.45. The van der Waals surface area contributed by atoms with Crippen molar-refractivity contribution in [2.45, 2.75) is 18.4 Å². The molecule has 1 saturated heterocycles. The van der Waals surface area contributed by atoms with E-state index in [-0.39, 0.29) is 5.91 Å². The van der Waals surface area contributed by atoms with Gasteiger partial charge in [0.15, 0.2) is 0 Å². The summed E-state index contributed by atoms with van der Waals surface area (Å²) in [5.74, 6) is 1.71.